The fraction of sp³-hybridized carbons (Fsp3) is 0.316. The van der Waals surface area contributed by atoms with E-state index in [-0.39, 0.29) is 11.9 Å². The molecule has 0 amide bonds. The van der Waals surface area contributed by atoms with Gasteiger partial charge in [-0.15, -0.1) is 10.2 Å². The van der Waals surface area contributed by atoms with Crippen molar-refractivity contribution >= 4 is 22.8 Å². The first-order chi connectivity index (χ1) is 13.7. The number of fused-ring (bicyclic) bond motifs is 1. The van der Waals surface area contributed by atoms with Gasteiger partial charge in [0, 0.05) is 18.9 Å². The molecule has 142 valence electrons. The minimum absolute atomic E-state index is 0.0674. The third-order valence-corrected chi connectivity index (χ3v) is 6.11. The van der Waals surface area contributed by atoms with Gasteiger partial charge in [0.2, 0.25) is 0 Å². The van der Waals surface area contributed by atoms with Crippen LogP contribution in [0.4, 0.5) is 10.2 Å². The monoisotopic (exact) mass is 395 g/mol. The van der Waals surface area contributed by atoms with Gasteiger partial charge in [-0.3, -0.25) is 4.98 Å². The Labute approximate surface area is 164 Å². The molecule has 0 spiro atoms. The van der Waals surface area contributed by atoms with Crippen LogP contribution in [0.3, 0.4) is 0 Å². The predicted octanol–water partition coefficient (Wildman–Crippen LogP) is 3.69. The van der Waals surface area contributed by atoms with Crippen LogP contribution in [0.2, 0.25) is 0 Å². The first-order valence-corrected chi connectivity index (χ1v) is 10.1. The highest BCUT2D eigenvalue weighted by atomic mass is 32.1. The molecular formula is C19H18FN7S. The lowest BCUT2D eigenvalue weighted by atomic mass is 10.1. The molecule has 0 aromatic carbocycles. The van der Waals surface area contributed by atoms with E-state index in [2.05, 4.69) is 32.1 Å². The van der Waals surface area contributed by atoms with Crippen molar-refractivity contribution in [1.82, 2.24) is 29.8 Å². The third-order valence-electron chi connectivity index (χ3n) is 5.01. The zero-order valence-corrected chi connectivity index (χ0v) is 16.1. The van der Waals surface area contributed by atoms with Crippen molar-refractivity contribution < 1.29 is 4.39 Å². The van der Waals surface area contributed by atoms with Crippen LogP contribution in [0.5, 0.6) is 0 Å². The van der Waals surface area contributed by atoms with Gasteiger partial charge in [-0.25, -0.2) is 13.9 Å². The minimum Gasteiger partial charge on any atom is -0.349 e. The van der Waals surface area contributed by atoms with Crippen LogP contribution in [0.1, 0.15) is 36.4 Å². The van der Waals surface area contributed by atoms with E-state index in [1.54, 1.807) is 34.3 Å². The summed E-state index contributed by atoms with van der Waals surface area (Å²) in [6, 6.07) is 3.58. The fourth-order valence-electron chi connectivity index (χ4n) is 3.67. The van der Waals surface area contributed by atoms with Gasteiger partial charge in [0.25, 0.3) is 0 Å². The lowest BCUT2D eigenvalue weighted by Gasteiger charge is -2.26. The van der Waals surface area contributed by atoms with Crippen molar-refractivity contribution in [2.75, 3.05) is 11.4 Å². The number of pyridine rings is 1. The Morgan fingerprint density at radius 3 is 3.00 bits per heavy atom. The lowest BCUT2D eigenvalue weighted by molar-refractivity contribution is 0.610. The molecule has 1 unspecified atom stereocenters. The molecule has 0 bridgehead atoms. The summed E-state index contributed by atoms with van der Waals surface area (Å²) in [6.07, 6.45) is 9.48. The van der Waals surface area contributed by atoms with Crippen LogP contribution in [0.15, 0.2) is 36.9 Å². The summed E-state index contributed by atoms with van der Waals surface area (Å²) in [5.74, 6) is 0.537. The summed E-state index contributed by atoms with van der Waals surface area (Å²) in [6.45, 7) is 2.93. The molecule has 0 radical (unpaired) electrons. The van der Waals surface area contributed by atoms with Crippen LogP contribution < -0.4 is 4.90 Å². The number of aryl methyl sites for hydroxylation is 1. The quantitative estimate of drug-likeness (QED) is 0.525. The number of rotatable bonds is 4. The smallest absolute Gasteiger partial charge is 0.167 e. The number of anilines is 1. The van der Waals surface area contributed by atoms with E-state index in [1.807, 2.05) is 12.3 Å². The second kappa shape index (κ2) is 6.90. The van der Waals surface area contributed by atoms with Crippen molar-refractivity contribution in [3.63, 3.8) is 0 Å². The number of aromatic nitrogens is 6. The van der Waals surface area contributed by atoms with E-state index in [4.69, 9.17) is 4.98 Å². The van der Waals surface area contributed by atoms with Gasteiger partial charge in [-0.2, -0.15) is 5.10 Å². The molecule has 0 N–H and O–H groups in total. The van der Waals surface area contributed by atoms with Crippen LogP contribution in [0.25, 0.3) is 16.2 Å². The second-order valence-corrected chi connectivity index (χ2v) is 7.82. The average Bonchev–Trinajstić information content (AvgIpc) is 3.45. The highest BCUT2D eigenvalue weighted by Gasteiger charge is 2.28. The van der Waals surface area contributed by atoms with Crippen molar-refractivity contribution in [2.24, 2.45) is 0 Å². The molecule has 1 atom stereocenters. The zero-order valence-electron chi connectivity index (χ0n) is 15.3. The first kappa shape index (κ1) is 17.2. The van der Waals surface area contributed by atoms with Crippen molar-refractivity contribution in [3.8, 4) is 10.6 Å². The maximum atomic E-state index is 13.7. The molecule has 1 aliphatic rings. The minimum atomic E-state index is -0.311. The van der Waals surface area contributed by atoms with Gasteiger partial charge in [-0.1, -0.05) is 18.3 Å². The number of nitrogens with zero attached hydrogens (tertiary/aromatic N) is 7. The predicted molar refractivity (Wildman–Crippen MR) is 105 cm³/mol. The Hall–Kier alpha value is -2.94. The second-order valence-electron chi connectivity index (χ2n) is 6.75. The maximum Gasteiger partial charge on any atom is 0.167 e. The van der Waals surface area contributed by atoms with E-state index in [0.717, 1.165) is 58.4 Å². The van der Waals surface area contributed by atoms with Crippen molar-refractivity contribution in [3.05, 3.63) is 53.3 Å². The summed E-state index contributed by atoms with van der Waals surface area (Å²) in [5, 5.41) is 14.7. The average molecular weight is 395 g/mol. The summed E-state index contributed by atoms with van der Waals surface area (Å²) in [5.41, 5.74) is 2.51. The fourth-order valence-corrected chi connectivity index (χ4v) is 4.46. The van der Waals surface area contributed by atoms with Gasteiger partial charge in [-0.05, 0) is 37.0 Å². The lowest BCUT2D eigenvalue weighted by Crippen LogP contribution is -2.24. The Kier molecular flexibility index (Phi) is 4.23. The molecule has 5 heterocycles. The van der Waals surface area contributed by atoms with Gasteiger partial charge in [0.1, 0.15) is 16.6 Å². The number of halogens is 1. The first-order valence-electron chi connectivity index (χ1n) is 9.27. The number of hydrogen-bond acceptors (Lipinski definition) is 7. The van der Waals surface area contributed by atoms with Gasteiger partial charge >= 0.3 is 0 Å². The summed E-state index contributed by atoms with van der Waals surface area (Å²) in [4.78, 5) is 11.1. The van der Waals surface area contributed by atoms with Gasteiger partial charge in [0.15, 0.2) is 10.7 Å². The molecule has 5 rings (SSSR count). The normalized spacial score (nSPS) is 16.9. The Balaban J connectivity index is 1.54. The molecule has 7 nitrogen and oxygen atoms in total. The molecular weight excluding hydrogens is 377 g/mol. The molecule has 1 fully saturated rings. The highest BCUT2D eigenvalue weighted by molar-refractivity contribution is 7.14. The van der Waals surface area contributed by atoms with Crippen LogP contribution in [0, 0.1) is 5.82 Å². The Morgan fingerprint density at radius 1 is 1.25 bits per heavy atom. The van der Waals surface area contributed by atoms with E-state index in [0.29, 0.717) is 0 Å². The zero-order chi connectivity index (χ0) is 19.1. The van der Waals surface area contributed by atoms with E-state index >= 15 is 0 Å². The molecule has 0 saturated carbocycles. The van der Waals surface area contributed by atoms with Crippen molar-refractivity contribution in [1.29, 1.82) is 0 Å². The Morgan fingerprint density at radius 2 is 2.18 bits per heavy atom. The molecule has 1 saturated heterocycles. The van der Waals surface area contributed by atoms with Crippen LogP contribution in [-0.2, 0) is 6.42 Å². The highest BCUT2D eigenvalue weighted by Crippen LogP contribution is 2.36. The maximum absolute atomic E-state index is 13.7. The standard InChI is InChI=1S/C19H18FN7S/c1-2-17-24-25-19(28-17)14-11-22-27-7-5-16(23-18(14)27)26-6-3-4-15(26)12-8-13(20)10-21-9-12/h5,7-11,15H,2-4,6H2,1H3. The summed E-state index contributed by atoms with van der Waals surface area (Å²) in [7, 11) is 0. The van der Waals surface area contributed by atoms with Crippen LogP contribution >= 0.6 is 11.3 Å². The third kappa shape index (κ3) is 2.91. The van der Waals surface area contributed by atoms with Crippen LogP contribution in [-0.4, -0.2) is 36.3 Å². The molecule has 0 aliphatic carbocycles. The molecule has 1 aliphatic heterocycles. The van der Waals surface area contributed by atoms with Gasteiger partial charge < -0.3 is 4.90 Å². The van der Waals surface area contributed by atoms with E-state index < -0.39 is 0 Å². The SMILES string of the molecule is CCc1nnc(-c2cnn3ccc(N4CCCC4c4cncc(F)c4)nc23)s1. The molecule has 4 aromatic heterocycles. The largest absolute Gasteiger partial charge is 0.349 e. The van der Waals surface area contributed by atoms with Gasteiger partial charge in [0.05, 0.1) is 24.0 Å². The molecule has 9 heteroatoms. The molecule has 28 heavy (non-hydrogen) atoms. The molecule has 4 aromatic rings. The number of hydrogen-bond donors (Lipinski definition) is 0. The summed E-state index contributed by atoms with van der Waals surface area (Å²) >= 11 is 1.56. The van der Waals surface area contributed by atoms with E-state index in [1.165, 1.54) is 6.20 Å². The van der Waals surface area contributed by atoms with E-state index in [9.17, 15) is 4.39 Å². The topological polar surface area (TPSA) is 72.1 Å². The Bertz CT molecular complexity index is 1140. The van der Waals surface area contributed by atoms with Crippen molar-refractivity contribution in [2.45, 2.75) is 32.2 Å². The summed E-state index contributed by atoms with van der Waals surface area (Å²) < 4.78 is 15.4.